The van der Waals surface area contributed by atoms with Gasteiger partial charge in [0.05, 0.1) is 6.61 Å². The molecule has 0 radical (unpaired) electrons. The summed E-state index contributed by atoms with van der Waals surface area (Å²) in [7, 11) is 0. The molecular weight excluding hydrogens is 405 g/mol. The number of allylic oxidation sites excluding steroid dienone is 1. The summed E-state index contributed by atoms with van der Waals surface area (Å²) in [6.45, 7) is 7.12. The molecule has 2 atom stereocenters. The Morgan fingerprint density at radius 3 is 2.67 bits per heavy atom. The minimum atomic E-state index is -0.195. The molecular formula is C24H29ClFNO3. The molecule has 2 aromatic rings. The van der Waals surface area contributed by atoms with Crippen LogP contribution >= 0.6 is 12.4 Å². The Morgan fingerprint density at radius 2 is 1.90 bits per heavy atom. The quantitative estimate of drug-likeness (QED) is 0.590. The lowest BCUT2D eigenvalue weighted by molar-refractivity contribution is 0.141. The van der Waals surface area contributed by atoms with E-state index in [1.165, 1.54) is 5.56 Å². The molecule has 30 heavy (non-hydrogen) atoms. The van der Waals surface area contributed by atoms with Crippen molar-refractivity contribution in [3.63, 3.8) is 0 Å². The van der Waals surface area contributed by atoms with Gasteiger partial charge >= 0.3 is 0 Å². The fourth-order valence-electron chi connectivity index (χ4n) is 3.98. The molecule has 0 saturated carbocycles. The molecule has 4 rings (SSSR count). The molecule has 0 N–H and O–H groups in total. The van der Waals surface area contributed by atoms with Crippen LogP contribution in [-0.2, 0) is 0 Å². The van der Waals surface area contributed by atoms with Crippen molar-refractivity contribution in [1.82, 2.24) is 4.90 Å². The summed E-state index contributed by atoms with van der Waals surface area (Å²) in [5, 5.41) is 0. The van der Waals surface area contributed by atoms with Crippen LogP contribution in [0.15, 0.2) is 54.7 Å². The molecule has 2 aliphatic rings. The van der Waals surface area contributed by atoms with Crippen LogP contribution in [0.4, 0.5) is 4.39 Å². The first-order valence-corrected chi connectivity index (χ1v) is 10.3. The van der Waals surface area contributed by atoms with E-state index in [1.807, 2.05) is 30.3 Å². The Bertz CT molecular complexity index is 856. The maximum absolute atomic E-state index is 13.4. The van der Waals surface area contributed by atoms with Gasteiger partial charge in [0.15, 0.2) is 11.5 Å². The molecule has 2 heterocycles. The van der Waals surface area contributed by atoms with Crippen LogP contribution in [0.5, 0.6) is 17.2 Å². The van der Waals surface area contributed by atoms with Gasteiger partial charge in [0, 0.05) is 25.1 Å². The van der Waals surface area contributed by atoms with Gasteiger partial charge in [0.1, 0.15) is 11.6 Å². The predicted octanol–water partition coefficient (Wildman–Crippen LogP) is 5.63. The van der Waals surface area contributed by atoms with Crippen LogP contribution in [-0.4, -0.2) is 31.4 Å². The molecule has 0 amide bonds. The van der Waals surface area contributed by atoms with E-state index >= 15 is 0 Å². The summed E-state index contributed by atoms with van der Waals surface area (Å²) in [6.07, 6.45) is 5.45. The van der Waals surface area contributed by atoms with Gasteiger partial charge in [-0.1, -0.05) is 32.1 Å². The van der Waals surface area contributed by atoms with Crippen molar-refractivity contribution >= 4 is 12.4 Å². The van der Waals surface area contributed by atoms with Crippen LogP contribution in [0.25, 0.3) is 0 Å². The van der Waals surface area contributed by atoms with E-state index in [-0.39, 0.29) is 25.0 Å². The van der Waals surface area contributed by atoms with Gasteiger partial charge in [0.2, 0.25) is 6.79 Å². The minimum absolute atomic E-state index is 0. The van der Waals surface area contributed by atoms with Gasteiger partial charge in [-0.3, -0.25) is 0 Å². The number of benzene rings is 2. The Morgan fingerprint density at radius 1 is 1.13 bits per heavy atom. The largest absolute Gasteiger partial charge is 0.493 e. The van der Waals surface area contributed by atoms with E-state index in [0.29, 0.717) is 24.4 Å². The van der Waals surface area contributed by atoms with E-state index in [2.05, 4.69) is 31.0 Å². The average molecular weight is 434 g/mol. The summed E-state index contributed by atoms with van der Waals surface area (Å²) in [5.74, 6) is 3.23. The number of rotatable bonds is 6. The number of fused-ring (bicyclic) bond motifs is 1. The van der Waals surface area contributed by atoms with E-state index in [4.69, 9.17) is 14.2 Å². The molecule has 0 unspecified atom stereocenters. The molecule has 0 bridgehead atoms. The second-order valence-corrected chi connectivity index (χ2v) is 8.11. The third-order valence-corrected chi connectivity index (χ3v) is 5.55. The summed E-state index contributed by atoms with van der Waals surface area (Å²) >= 11 is 0. The first-order chi connectivity index (χ1) is 14.1. The van der Waals surface area contributed by atoms with E-state index in [1.54, 1.807) is 12.1 Å². The van der Waals surface area contributed by atoms with Crippen molar-refractivity contribution in [1.29, 1.82) is 0 Å². The zero-order chi connectivity index (χ0) is 20.2. The topological polar surface area (TPSA) is 30.9 Å². The molecule has 162 valence electrons. The minimum Gasteiger partial charge on any atom is -0.493 e. The normalized spacial score (nSPS) is 20.5. The number of hydrogen-bond donors (Lipinski definition) is 0. The summed E-state index contributed by atoms with van der Waals surface area (Å²) in [6, 6.07) is 12.6. The highest BCUT2D eigenvalue weighted by Gasteiger charge is 2.30. The second-order valence-electron chi connectivity index (χ2n) is 8.11. The highest BCUT2D eigenvalue weighted by Crippen LogP contribution is 2.37. The Hall–Kier alpha value is -2.40. The third-order valence-electron chi connectivity index (χ3n) is 5.55. The van der Waals surface area contributed by atoms with Crippen molar-refractivity contribution in [3.05, 3.63) is 66.1 Å². The molecule has 0 spiro atoms. The Labute approximate surface area is 184 Å². The van der Waals surface area contributed by atoms with E-state index < -0.39 is 0 Å². The first kappa shape index (κ1) is 22.3. The number of nitrogens with zero attached hydrogens (tertiary/aromatic N) is 1. The van der Waals surface area contributed by atoms with Crippen molar-refractivity contribution < 1.29 is 18.6 Å². The number of piperidine rings is 1. The molecule has 0 aromatic heterocycles. The van der Waals surface area contributed by atoms with Crippen LogP contribution in [0.1, 0.15) is 31.7 Å². The second kappa shape index (κ2) is 10.1. The first-order valence-electron chi connectivity index (χ1n) is 10.3. The standard InChI is InChI=1S/C24H28FNO3.ClH/c1-17(2)9-11-26-12-10-22(18-3-5-20(25)6-4-18)19(14-26)15-27-21-7-8-23-24(13-21)29-16-28-23;/h3-9,11,13,17,19,22H,10,12,14-16H2,1-2H3;1H/t19-,22-;/m1./s1. The Balaban J connectivity index is 0.00000256. The zero-order valence-corrected chi connectivity index (χ0v) is 18.2. The SMILES string of the molecule is CC(C)C=CN1CC[C@H](c2ccc(F)cc2)[C@@H](COc2ccc3c(c2)OCO3)C1.Cl. The summed E-state index contributed by atoms with van der Waals surface area (Å²) < 4.78 is 30.4. The maximum atomic E-state index is 13.4. The van der Waals surface area contributed by atoms with Crippen molar-refractivity contribution in [2.75, 3.05) is 26.5 Å². The lowest BCUT2D eigenvalue weighted by atomic mass is 9.81. The Kier molecular flexibility index (Phi) is 7.48. The van der Waals surface area contributed by atoms with Crippen LogP contribution in [0.2, 0.25) is 0 Å². The van der Waals surface area contributed by atoms with Gasteiger partial charge in [-0.15, -0.1) is 12.4 Å². The van der Waals surface area contributed by atoms with Crippen molar-refractivity contribution in [3.8, 4) is 17.2 Å². The van der Waals surface area contributed by atoms with Crippen molar-refractivity contribution in [2.24, 2.45) is 11.8 Å². The highest BCUT2D eigenvalue weighted by molar-refractivity contribution is 5.85. The fraction of sp³-hybridized carbons (Fsp3) is 0.417. The molecule has 2 aromatic carbocycles. The van der Waals surface area contributed by atoms with E-state index in [9.17, 15) is 4.39 Å². The lowest BCUT2D eigenvalue weighted by Crippen LogP contribution is -2.39. The number of ether oxygens (including phenoxy) is 3. The average Bonchev–Trinajstić information content (AvgIpc) is 3.19. The van der Waals surface area contributed by atoms with Gasteiger partial charge in [-0.2, -0.15) is 0 Å². The van der Waals surface area contributed by atoms with E-state index in [0.717, 1.165) is 36.8 Å². The lowest BCUT2D eigenvalue weighted by Gasteiger charge is -2.38. The van der Waals surface area contributed by atoms with Gasteiger partial charge in [0.25, 0.3) is 0 Å². The van der Waals surface area contributed by atoms with Crippen LogP contribution < -0.4 is 14.2 Å². The van der Waals surface area contributed by atoms with Gasteiger partial charge in [-0.25, -0.2) is 4.39 Å². The summed E-state index contributed by atoms with van der Waals surface area (Å²) in [4.78, 5) is 2.37. The number of likely N-dealkylation sites (tertiary alicyclic amines) is 1. The van der Waals surface area contributed by atoms with Crippen LogP contribution in [0, 0.1) is 17.7 Å². The summed E-state index contributed by atoms with van der Waals surface area (Å²) in [5.41, 5.74) is 1.18. The molecule has 2 aliphatic heterocycles. The monoisotopic (exact) mass is 433 g/mol. The van der Waals surface area contributed by atoms with Crippen molar-refractivity contribution in [2.45, 2.75) is 26.2 Å². The highest BCUT2D eigenvalue weighted by atomic mass is 35.5. The zero-order valence-electron chi connectivity index (χ0n) is 17.4. The smallest absolute Gasteiger partial charge is 0.231 e. The maximum Gasteiger partial charge on any atom is 0.231 e. The molecule has 0 aliphatic carbocycles. The van der Waals surface area contributed by atoms with Gasteiger partial charge in [-0.05, 0) is 54.3 Å². The molecule has 6 heteroatoms. The molecule has 1 saturated heterocycles. The third kappa shape index (κ3) is 5.39. The van der Waals surface area contributed by atoms with Crippen LogP contribution in [0.3, 0.4) is 0 Å². The molecule has 4 nitrogen and oxygen atoms in total. The number of halogens is 2. The molecule has 1 fully saturated rings. The van der Waals surface area contributed by atoms with Gasteiger partial charge < -0.3 is 19.1 Å². The number of hydrogen-bond acceptors (Lipinski definition) is 4. The fourth-order valence-corrected chi connectivity index (χ4v) is 3.98. The predicted molar refractivity (Wildman–Crippen MR) is 118 cm³/mol.